The SMILES string of the molecule is CC(C)POO. The van der Waals surface area contributed by atoms with Crippen molar-refractivity contribution < 1.29 is 9.93 Å². The summed E-state index contributed by atoms with van der Waals surface area (Å²) in [6, 6.07) is 0. The van der Waals surface area contributed by atoms with Gasteiger partial charge < -0.3 is 0 Å². The Morgan fingerprint density at radius 1 is 1.67 bits per heavy atom. The fourth-order valence-corrected chi connectivity index (χ4v) is 0.316. The minimum Gasteiger partial charge on any atom is -0.249 e. The van der Waals surface area contributed by atoms with Crippen LogP contribution in [0.1, 0.15) is 13.8 Å². The van der Waals surface area contributed by atoms with Gasteiger partial charge in [0.25, 0.3) is 0 Å². The second-order valence-electron chi connectivity index (χ2n) is 1.36. The molecule has 0 heterocycles. The van der Waals surface area contributed by atoms with Crippen molar-refractivity contribution in [2.75, 3.05) is 0 Å². The van der Waals surface area contributed by atoms with Crippen LogP contribution in [0.5, 0.6) is 0 Å². The molecule has 1 atom stereocenters. The molecule has 0 aliphatic rings. The zero-order chi connectivity index (χ0) is 4.99. The Kier molecular flexibility index (Phi) is 3.74. The van der Waals surface area contributed by atoms with Crippen molar-refractivity contribution in [2.24, 2.45) is 0 Å². The second-order valence-corrected chi connectivity index (χ2v) is 2.94. The van der Waals surface area contributed by atoms with Crippen LogP contribution >= 0.6 is 8.81 Å². The molecule has 6 heavy (non-hydrogen) atoms. The zero-order valence-corrected chi connectivity index (χ0v) is 4.93. The van der Waals surface area contributed by atoms with Crippen molar-refractivity contribution in [3.63, 3.8) is 0 Å². The monoisotopic (exact) mass is 108 g/mol. The molecule has 38 valence electrons. The zero-order valence-electron chi connectivity index (χ0n) is 3.93. The minimum absolute atomic E-state index is 0.227. The average Bonchev–Trinajstić information content (AvgIpc) is 1.35. The maximum absolute atomic E-state index is 7.75. The van der Waals surface area contributed by atoms with Gasteiger partial charge in [-0.1, -0.05) is 13.8 Å². The summed E-state index contributed by atoms with van der Waals surface area (Å²) in [6.45, 7) is 3.96. The van der Waals surface area contributed by atoms with E-state index in [0.29, 0.717) is 5.66 Å². The van der Waals surface area contributed by atoms with Crippen molar-refractivity contribution in [2.45, 2.75) is 19.5 Å². The largest absolute Gasteiger partial charge is 0.249 e. The standard InChI is InChI=1S/C3H9O2P/c1-3(2)6-5-4/h3-4,6H,1-2H3. The van der Waals surface area contributed by atoms with E-state index in [0.717, 1.165) is 0 Å². The summed E-state index contributed by atoms with van der Waals surface area (Å²) < 4.78 is 3.83. The Labute approximate surface area is 39.3 Å². The highest BCUT2D eigenvalue weighted by Crippen LogP contribution is 2.15. The topological polar surface area (TPSA) is 29.5 Å². The summed E-state index contributed by atoms with van der Waals surface area (Å²) in [6.07, 6.45) is 0. The van der Waals surface area contributed by atoms with Crippen molar-refractivity contribution in [3.8, 4) is 0 Å². The van der Waals surface area contributed by atoms with Gasteiger partial charge in [-0.2, -0.15) is 0 Å². The van der Waals surface area contributed by atoms with E-state index in [1.54, 1.807) is 0 Å². The molecule has 1 N–H and O–H groups in total. The molecule has 0 aromatic rings. The normalized spacial score (nSPS) is 12.0. The van der Waals surface area contributed by atoms with Crippen LogP contribution in [-0.4, -0.2) is 10.9 Å². The lowest BCUT2D eigenvalue weighted by Crippen LogP contribution is -1.80. The van der Waals surface area contributed by atoms with E-state index in [-0.39, 0.29) is 8.81 Å². The van der Waals surface area contributed by atoms with Crippen LogP contribution in [0.4, 0.5) is 0 Å². The van der Waals surface area contributed by atoms with Crippen molar-refractivity contribution >= 4 is 8.81 Å². The molecular formula is C3H9O2P. The predicted molar refractivity (Wildman–Crippen MR) is 27.2 cm³/mol. The molecule has 2 nitrogen and oxygen atoms in total. The highest BCUT2D eigenvalue weighted by molar-refractivity contribution is 7.32. The van der Waals surface area contributed by atoms with Crippen LogP contribution in [0.15, 0.2) is 0 Å². The van der Waals surface area contributed by atoms with E-state index in [4.69, 9.17) is 5.26 Å². The lowest BCUT2D eigenvalue weighted by Gasteiger charge is -1.95. The third-order valence-corrected chi connectivity index (χ3v) is 0.865. The molecule has 0 fully saturated rings. The molecule has 0 amide bonds. The summed E-state index contributed by atoms with van der Waals surface area (Å²) in [5.41, 5.74) is 0.454. The van der Waals surface area contributed by atoms with Gasteiger partial charge in [0.2, 0.25) is 0 Å². The number of hydrogen-bond donors (Lipinski definition) is 1. The third kappa shape index (κ3) is 4.35. The Morgan fingerprint density at radius 2 is 2.17 bits per heavy atom. The van der Waals surface area contributed by atoms with E-state index in [9.17, 15) is 0 Å². The molecule has 0 rings (SSSR count). The Balaban J connectivity index is 2.63. The van der Waals surface area contributed by atoms with Crippen LogP contribution in [0.3, 0.4) is 0 Å². The van der Waals surface area contributed by atoms with Crippen molar-refractivity contribution in [1.29, 1.82) is 0 Å². The van der Waals surface area contributed by atoms with Crippen LogP contribution in [0, 0.1) is 0 Å². The van der Waals surface area contributed by atoms with Crippen LogP contribution in [0.25, 0.3) is 0 Å². The highest BCUT2D eigenvalue weighted by Gasteiger charge is 1.87. The average molecular weight is 108 g/mol. The molecule has 0 spiro atoms. The number of rotatable bonds is 2. The van der Waals surface area contributed by atoms with Gasteiger partial charge in [0, 0.05) is 0 Å². The predicted octanol–water partition coefficient (Wildman–Crippen LogP) is 1.48. The van der Waals surface area contributed by atoms with Gasteiger partial charge in [0.05, 0.1) is 8.81 Å². The van der Waals surface area contributed by atoms with Crippen molar-refractivity contribution in [3.05, 3.63) is 0 Å². The minimum atomic E-state index is 0.227. The molecule has 0 saturated heterocycles. The molecule has 0 aromatic heterocycles. The first-order valence-electron chi connectivity index (χ1n) is 1.83. The van der Waals surface area contributed by atoms with Crippen LogP contribution < -0.4 is 0 Å². The first-order chi connectivity index (χ1) is 2.77. The first-order valence-corrected chi connectivity index (χ1v) is 2.82. The molecule has 3 heteroatoms. The van der Waals surface area contributed by atoms with E-state index in [2.05, 4.69) is 4.67 Å². The van der Waals surface area contributed by atoms with E-state index in [1.165, 1.54) is 0 Å². The molecule has 0 aliphatic heterocycles. The van der Waals surface area contributed by atoms with Gasteiger partial charge in [-0.25, -0.2) is 9.93 Å². The van der Waals surface area contributed by atoms with Gasteiger partial charge in [0.15, 0.2) is 0 Å². The summed E-state index contributed by atoms with van der Waals surface area (Å²) in [5, 5.41) is 7.75. The molecule has 0 aromatic carbocycles. The van der Waals surface area contributed by atoms with Crippen LogP contribution in [0.2, 0.25) is 0 Å². The summed E-state index contributed by atoms with van der Waals surface area (Å²) in [5.74, 6) is 0. The lowest BCUT2D eigenvalue weighted by atomic mass is 10.6. The fraction of sp³-hybridized carbons (Fsp3) is 1.00. The quantitative estimate of drug-likeness (QED) is 0.330. The maximum Gasteiger partial charge on any atom is 0.0588 e. The maximum atomic E-state index is 7.75. The summed E-state index contributed by atoms with van der Waals surface area (Å²) in [7, 11) is 0.227. The second kappa shape index (κ2) is 3.54. The Morgan fingerprint density at radius 3 is 2.17 bits per heavy atom. The van der Waals surface area contributed by atoms with E-state index in [1.807, 2.05) is 13.8 Å². The third-order valence-electron chi connectivity index (χ3n) is 0.288. The molecule has 0 radical (unpaired) electrons. The summed E-state index contributed by atoms with van der Waals surface area (Å²) in [4.78, 5) is 0. The van der Waals surface area contributed by atoms with Crippen LogP contribution in [-0.2, 0) is 4.67 Å². The van der Waals surface area contributed by atoms with E-state index >= 15 is 0 Å². The molecule has 1 unspecified atom stereocenters. The van der Waals surface area contributed by atoms with Crippen molar-refractivity contribution in [1.82, 2.24) is 0 Å². The smallest absolute Gasteiger partial charge is 0.0588 e. The lowest BCUT2D eigenvalue weighted by molar-refractivity contribution is -0.123. The highest BCUT2D eigenvalue weighted by atomic mass is 31.1. The van der Waals surface area contributed by atoms with Gasteiger partial charge in [-0.15, -0.1) is 0 Å². The van der Waals surface area contributed by atoms with Gasteiger partial charge in [-0.05, 0) is 5.66 Å². The molecular weight excluding hydrogens is 99.0 g/mol. The molecule has 0 saturated carbocycles. The fourth-order valence-electron chi connectivity index (χ4n) is 0.105. The van der Waals surface area contributed by atoms with Gasteiger partial charge in [0.1, 0.15) is 0 Å². The van der Waals surface area contributed by atoms with Gasteiger partial charge in [-0.3, -0.25) is 0 Å². The number of hydrogen-bond acceptors (Lipinski definition) is 2. The molecule has 0 bridgehead atoms. The Bertz CT molecular complexity index is 30.0. The van der Waals surface area contributed by atoms with E-state index < -0.39 is 0 Å². The Hall–Kier alpha value is 0.350. The first kappa shape index (κ1) is 6.35. The summed E-state index contributed by atoms with van der Waals surface area (Å²) >= 11 is 0. The van der Waals surface area contributed by atoms with Gasteiger partial charge >= 0.3 is 0 Å². The molecule has 0 aliphatic carbocycles.